The Morgan fingerprint density at radius 1 is 0.957 bits per heavy atom. The molecular weight excluding hydrogens is 616 g/mol. The van der Waals surface area contributed by atoms with E-state index in [-0.39, 0.29) is 16.6 Å². The summed E-state index contributed by atoms with van der Waals surface area (Å²) in [6.07, 6.45) is 4.02. The highest BCUT2D eigenvalue weighted by Gasteiger charge is 2.20. The molecule has 240 valence electrons. The van der Waals surface area contributed by atoms with Crippen molar-refractivity contribution in [3.63, 3.8) is 0 Å². The second-order valence-electron chi connectivity index (χ2n) is 11.3. The van der Waals surface area contributed by atoms with Gasteiger partial charge in [0.05, 0.1) is 31.8 Å². The Morgan fingerprint density at radius 2 is 1.72 bits per heavy atom. The van der Waals surface area contributed by atoms with Crippen LogP contribution in [0.1, 0.15) is 50.9 Å². The fraction of sp³-hybridized carbons (Fsp3) is 0.250. The molecule has 10 nitrogen and oxygen atoms in total. The number of ketones is 1. The number of benzene rings is 3. The Balaban J connectivity index is 1.13. The summed E-state index contributed by atoms with van der Waals surface area (Å²) < 4.78 is 12.7. The highest BCUT2D eigenvalue weighted by molar-refractivity contribution is 6.29. The van der Waals surface area contributed by atoms with Gasteiger partial charge >= 0.3 is 0 Å². The van der Waals surface area contributed by atoms with Crippen LogP contribution in [-0.4, -0.2) is 63.9 Å². The van der Waals surface area contributed by atoms with Crippen LogP contribution in [0.25, 0.3) is 16.9 Å². The van der Waals surface area contributed by atoms with E-state index in [2.05, 4.69) is 49.8 Å². The van der Waals surface area contributed by atoms with Crippen molar-refractivity contribution in [3.8, 4) is 28.4 Å². The van der Waals surface area contributed by atoms with Crippen molar-refractivity contribution in [1.29, 1.82) is 0 Å². The second-order valence-corrected chi connectivity index (χ2v) is 11.7. The number of aromatic nitrogens is 4. The average molecular weight is 651 g/mol. The van der Waals surface area contributed by atoms with Crippen LogP contribution in [0.2, 0.25) is 5.15 Å². The summed E-state index contributed by atoms with van der Waals surface area (Å²) in [5.74, 6) is 0.981. The van der Waals surface area contributed by atoms with Crippen LogP contribution < -0.4 is 14.8 Å². The maximum Gasteiger partial charge on any atom is 0.274 e. The maximum absolute atomic E-state index is 12.9. The molecule has 11 heteroatoms. The highest BCUT2D eigenvalue weighted by atomic mass is 35.5. The minimum absolute atomic E-state index is 0.0966. The number of hydrogen-bond donors (Lipinski definition) is 1. The SMILES string of the molecule is CCC(=O)c1ccc(-c2cn(-c3ccc(CCN4CCc5cc(OC)c(OC)cc5C4)cc3)nn2)cc1NC(=O)c1cccc(Cl)n1. The number of anilines is 1. The minimum atomic E-state index is -0.468. The van der Waals surface area contributed by atoms with Crippen LogP contribution in [-0.2, 0) is 19.4 Å². The Labute approximate surface area is 278 Å². The third-order valence-corrected chi connectivity index (χ3v) is 8.55. The van der Waals surface area contributed by atoms with E-state index in [0.717, 1.165) is 49.7 Å². The van der Waals surface area contributed by atoms with Gasteiger partial charge in [-0.25, -0.2) is 9.67 Å². The number of nitrogens with zero attached hydrogens (tertiary/aromatic N) is 5. The molecule has 1 aliphatic heterocycles. The molecule has 5 aromatic rings. The summed E-state index contributed by atoms with van der Waals surface area (Å²) in [6, 6.07) is 22.5. The first-order valence-electron chi connectivity index (χ1n) is 15.4. The number of carbonyl (C=O) groups is 2. The van der Waals surface area contributed by atoms with Crippen LogP contribution in [0.15, 0.2) is 79.0 Å². The molecule has 1 amide bonds. The van der Waals surface area contributed by atoms with Gasteiger partial charge in [0, 0.05) is 37.2 Å². The van der Waals surface area contributed by atoms with Gasteiger partial charge < -0.3 is 14.8 Å². The van der Waals surface area contributed by atoms with Gasteiger partial charge in [-0.3, -0.25) is 14.5 Å². The topological polar surface area (TPSA) is 111 Å². The van der Waals surface area contributed by atoms with Gasteiger partial charge in [-0.15, -0.1) is 5.10 Å². The monoisotopic (exact) mass is 650 g/mol. The number of carbonyl (C=O) groups excluding carboxylic acids is 2. The summed E-state index contributed by atoms with van der Waals surface area (Å²) in [4.78, 5) is 32.1. The summed E-state index contributed by atoms with van der Waals surface area (Å²) in [7, 11) is 3.34. The molecule has 47 heavy (non-hydrogen) atoms. The molecule has 0 saturated heterocycles. The molecule has 0 unspecified atom stereocenters. The number of amides is 1. The number of Topliss-reactive ketones (excluding diaryl/α,β-unsaturated/α-hetero) is 1. The van der Waals surface area contributed by atoms with Crippen LogP contribution in [0, 0.1) is 0 Å². The van der Waals surface area contributed by atoms with Gasteiger partial charge in [0.2, 0.25) is 0 Å². The van der Waals surface area contributed by atoms with E-state index in [4.69, 9.17) is 21.1 Å². The van der Waals surface area contributed by atoms with Crippen molar-refractivity contribution in [2.24, 2.45) is 0 Å². The Hall–Kier alpha value is -5.06. The van der Waals surface area contributed by atoms with Gasteiger partial charge in [-0.1, -0.05) is 48.0 Å². The largest absolute Gasteiger partial charge is 0.493 e. The summed E-state index contributed by atoms with van der Waals surface area (Å²) in [5, 5.41) is 11.7. The zero-order chi connectivity index (χ0) is 32.9. The van der Waals surface area contributed by atoms with Crippen LogP contribution in [0.5, 0.6) is 11.5 Å². The lowest BCUT2D eigenvalue weighted by molar-refractivity contribution is 0.0989. The van der Waals surface area contributed by atoms with Crippen LogP contribution >= 0.6 is 11.6 Å². The van der Waals surface area contributed by atoms with E-state index < -0.39 is 5.91 Å². The van der Waals surface area contributed by atoms with Crippen LogP contribution in [0.4, 0.5) is 5.69 Å². The molecule has 0 saturated carbocycles. The standard InChI is InChI=1S/C36H35ClN6O4/c1-4-32(44)28-13-10-25(18-30(28)39-36(45)29-6-5-7-35(37)38-29)31-22-43(41-40-31)27-11-8-23(9-12-27)14-16-42-17-15-24-19-33(46-2)34(47-3)20-26(24)21-42/h5-13,18-20,22H,4,14-17,21H2,1-3H3,(H,39,45). The van der Waals surface area contributed by atoms with Crippen molar-refractivity contribution in [3.05, 3.63) is 112 Å². The Kier molecular flexibility index (Phi) is 9.60. The van der Waals surface area contributed by atoms with Crippen molar-refractivity contribution in [2.45, 2.75) is 32.7 Å². The summed E-state index contributed by atoms with van der Waals surface area (Å²) >= 11 is 5.97. The van der Waals surface area contributed by atoms with Crippen molar-refractivity contribution < 1.29 is 19.1 Å². The maximum atomic E-state index is 12.9. The second kappa shape index (κ2) is 14.1. The smallest absolute Gasteiger partial charge is 0.274 e. The molecule has 1 N–H and O–H groups in total. The minimum Gasteiger partial charge on any atom is -0.493 e. The number of ether oxygens (including phenoxy) is 2. The fourth-order valence-electron chi connectivity index (χ4n) is 5.72. The van der Waals surface area contributed by atoms with Crippen molar-refractivity contribution >= 4 is 29.0 Å². The zero-order valence-corrected chi connectivity index (χ0v) is 27.3. The number of halogens is 1. The lowest BCUT2D eigenvalue weighted by Crippen LogP contribution is -2.32. The van der Waals surface area contributed by atoms with E-state index in [1.165, 1.54) is 16.7 Å². The first kappa shape index (κ1) is 31.9. The first-order chi connectivity index (χ1) is 22.8. The predicted octanol–water partition coefficient (Wildman–Crippen LogP) is 6.45. The number of pyridine rings is 1. The lowest BCUT2D eigenvalue weighted by atomic mass is 9.98. The summed E-state index contributed by atoms with van der Waals surface area (Å²) in [5.41, 5.74) is 6.93. The molecule has 0 spiro atoms. The molecular formula is C36H35ClN6O4. The van der Waals surface area contributed by atoms with E-state index in [1.807, 2.05) is 18.3 Å². The molecule has 0 bridgehead atoms. The van der Waals surface area contributed by atoms with Gasteiger partial charge in [0.25, 0.3) is 5.91 Å². The average Bonchev–Trinajstić information content (AvgIpc) is 3.60. The highest BCUT2D eigenvalue weighted by Crippen LogP contribution is 2.33. The van der Waals surface area contributed by atoms with Gasteiger partial charge in [-0.2, -0.15) is 0 Å². The normalized spacial score (nSPS) is 12.8. The van der Waals surface area contributed by atoms with E-state index >= 15 is 0 Å². The third-order valence-electron chi connectivity index (χ3n) is 8.34. The molecule has 1 aliphatic rings. The fourth-order valence-corrected chi connectivity index (χ4v) is 5.88. The Bertz CT molecular complexity index is 1920. The van der Waals surface area contributed by atoms with Gasteiger partial charge in [0.1, 0.15) is 16.5 Å². The molecule has 0 radical (unpaired) electrons. The van der Waals surface area contributed by atoms with Crippen LogP contribution in [0.3, 0.4) is 0 Å². The number of rotatable bonds is 11. The van der Waals surface area contributed by atoms with Crippen molar-refractivity contribution in [1.82, 2.24) is 24.9 Å². The number of hydrogen-bond acceptors (Lipinski definition) is 8. The van der Waals surface area contributed by atoms with Crippen molar-refractivity contribution in [2.75, 3.05) is 32.6 Å². The Morgan fingerprint density at radius 3 is 2.45 bits per heavy atom. The molecule has 0 aliphatic carbocycles. The van der Waals surface area contributed by atoms with Gasteiger partial charge in [0.15, 0.2) is 17.3 Å². The first-order valence-corrected chi connectivity index (χ1v) is 15.8. The third kappa shape index (κ3) is 7.19. The van der Waals surface area contributed by atoms with Gasteiger partial charge in [-0.05, 0) is 78.1 Å². The molecule has 3 aromatic carbocycles. The lowest BCUT2D eigenvalue weighted by Gasteiger charge is -2.29. The molecule has 6 rings (SSSR count). The quantitative estimate of drug-likeness (QED) is 0.128. The van der Waals surface area contributed by atoms with E-state index in [0.29, 0.717) is 28.9 Å². The predicted molar refractivity (Wildman–Crippen MR) is 181 cm³/mol. The molecule has 0 atom stereocenters. The van der Waals surface area contributed by atoms with E-state index in [1.54, 1.807) is 62.2 Å². The summed E-state index contributed by atoms with van der Waals surface area (Å²) in [6.45, 7) is 4.60. The number of nitrogens with one attached hydrogen (secondary N) is 1. The zero-order valence-electron chi connectivity index (χ0n) is 26.5. The van der Waals surface area contributed by atoms with E-state index in [9.17, 15) is 9.59 Å². The number of methoxy groups -OCH3 is 2. The molecule has 0 fully saturated rings. The molecule has 2 aromatic heterocycles. The number of fused-ring (bicyclic) bond motifs is 1. The molecule has 3 heterocycles.